The lowest BCUT2D eigenvalue weighted by atomic mass is 10.0. The van der Waals surface area contributed by atoms with Gasteiger partial charge in [0.05, 0.1) is 12.7 Å². The highest BCUT2D eigenvalue weighted by molar-refractivity contribution is 6.39. The van der Waals surface area contributed by atoms with Gasteiger partial charge in [-0.2, -0.15) is 0 Å². The van der Waals surface area contributed by atoms with Crippen molar-refractivity contribution in [1.29, 1.82) is 0 Å². The van der Waals surface area contributed by atoms with Gasteiger partial charge in [0.1, 0.15) is 5.75 Å². The van der Waals surface area contributed by atoms with E-state index < -0.39 is 11.8 Å². The molecule has 2 unspecified atom stereocenters. The molecule has 0 aliphatic carbocycles. The van der Waals surface area contributed by atoms with Crippen LogP contribution in [-0.4, -0.2) is 37.2 Å². The average molecular weight is 320 g/mol. The Morgan fingerprint density at radius 3 is 2.78 bits per heavy atom. The number of carbonyl (C=O) groups excluding carboxylic acids is 2. The highest BCUT2D eigenvalue weighted by atomic mass is 16.5. The number of nitrogens with one attached hydrogen (secondary N) is 2. The van der Waals surface area contributed by atoms with E-state index in [9.17, 15) is 9.59 Å². The standard InChI is InChI=1S/C17H24N2O4/c1-4-22-14-5-6-15(11(2)9-14)19-17(21)16(20)18-13-7-8-23-12(3)10-13/h5-6,9,12-13H,4,7-8,10H2,1-3H3,(H,18,20)(H,19,21). The van der Waals surface area contributed by atoms with Gasteiger partial charge in [0, 0.05) is 18.3 Å². The Morgan fingerprint density at radius 2 is 2.13 bits per heavy atom. The van der Waals surface area contributed by atoms with Gasteiger partial charge in [-0.05, 0) is 57.4 Å². The van der Waals surface area contributed by atoms with Gasteiger partial charge in [0.15, 0.2) is 0 Å². The third-order valence-electron chi connectivity index (χ3n) is 3.78. The fraction of sp³-hybridized carbons (Fsp3) is 0.529. The molecular weight excluding hydrogens is 296 g/mol. The minimum Gasteiger partial charge on any atom is -0.494 e. The Bertz CT molecular complexity index is 574. The van der Waals surface area contributed by atoms with E-state index in [0.717, 1.165) is 24.2 Å². The van der Waals surface area contributed by atoms with E-state index in [4.69, 9.17) is 9.47 Å². The normalized spacial score (nSPS) is 20.7. The van der Waals surface area contributed by atoms with Crippen LogP contribution < -0.4 is 15.4 Å². The fourth-order valence-electron chi connectivity index (χ4n) is 2.59. The van der Waals surface area contributed by atoms with Gasteiger partial charge in [-0.25, -0.2) is 0 Å². The van der Waals surface area contributed by atoms with Gasteiger partial charge in [-0.3, -0.25) is 9.59 Å². The van der Waals surface area contributed by atoms with Gasteiger partial charge < -0.3 is 20.1 Å². The van der Waals surface area contributed by atoms with Crippen LogP contribution in [0.25, 0.3) is 0 Å². The minimum absolute atomic E-state index is 0.0153. The summed E-state index contributed by atoms with van der Waals surface area (Å²) in [5.74, 6) is -0.530. The van der Waals surface area contributed by atoms with Crippen LogP contribution in [0.15, 0.2) is 18.2 Å². The molecule has 1 aromatic carbocycles. The minimum atomic E-state index is -0.656. The predicted molar refractivity (Wildman–Crippen MR) is 87.6 cm³/mol. The van der Waals surface area contributed by atoms with Crippen LogP contribution in [0.3, 0.4) is 0 Å². The van der Waals surface area contributed by atoms with E-state index in [1.807, 2.05) is 26.8 Å². The van der Waals surface area contributed by atoms with Crippen LogP contribution in [0, 0.1) is 6.92 Å². The first-order valence-electron chi connectivity index (χ1n) is 7.96. The summed E-state index contributed by atoms with van der Waals surface area (Å²) in [6.07, 6.45) is 1.55. The van der Waals surface area contributed by atoms with Crippen molar-refractivity contribution in [3.63, 3.8) is 0 Å². The molecule has 0 spiro atoms. The maximum atomic E-state index is 12.0. The van der Waals surface area contributed by atoms with Crippen LogP contribution in [0.2, 0.25) is 0 Å². The topological polar surface area (TPSA) is 76.7 Å². The maximum Gasteiger partial charge on any atom is 0.313 e. The smallest absolute Gasteiger partial charge is 0.313 e. The summed E-state index contributed by atoms with van der Waals surface area (Å²) < 4.78 is 10.8. The van der Waals surface area contributed by atoms with Crippen molar-refractivity contribution < 1.29 is 19.1 Å². The monoisotopic (exact) mass is 320 g/mol. The van der Waals surface area contributed by atoms with E-state index in [0.29, 0.717) is 18.9 Å². The number of ether oxygens (including phenoxy) is 2. The lowest BCUT2D eigenvalue weighted by molar-refractivity contribution is -0.137. The lowest BCUT2D eigenvalue weighted by Gasteiger charge is -2.27. The molecule has 1 saturated heterocycles. The van der Waals surface area contributed by atoms with Crippen molar-refractivity contribution >= 4 is 17.5 Å². The third-order valence-corrected chi connectivity index (χ3v) is 3.78. The van der Waals surface area contributed by atoms with Crippen LogP contribution in [-0.2, 0) is 14.3 Å². The molecule has 2 N–H and O–H groups in total. The van der Waals surface area contributed by atoms with E-state index >= 15 is 0 Å². The number of benzene rings is 1. The average Bonchev–Trinajstić information content (AvgIpc) is 2.50. The first kappa shape index (κ1) is 17.3. The summed E-state index contributed by atoms with van der Waals surface area (Å²) in [5, 5.41) is 5.41. The summed E-state index contributed by atoms with van der Waals surface area (Å²) in [7, 11) is 0. The largest absolute Gasteiger partial charge is 0.494 e. The van der Waals surface area contributed by atoms with Gasteiger partial charge in [-0.15, -0.1) is 0 Å². The Labute approximate surface area is 136 Å². The molecule has 2 rings (SSSR count). The molecule has 1 fully saturated rings. The quantitative estimate of drug-likeness (QED) is 0.832. The highest BCUT2D eigenvalue weighted by Gasteiger charge is 2.24. The zero-order valence-corrected chi connectivity index (χ0v) is 13.8. The summed E-state index contributed by atoms with van der Waals surface area (Å²) >= 11 is 0. The lowest BCUT2D eigenvalue weighted by Crippen LogP contribution is -2.45. The number of amides is 2. The highest BCUT2D eigenvalue weighted by Crippen LogP contribution is 2.21. The molecule has 0 saturated carbocycles. The van der Waals surface area contributed by atoms with E-state index in [1.165, 1.54) is 0 Å². The number of anilines is 1. The van der Waals surface area contributed by atoms with Gasteiger partial charge >= 0.3 is 11.8 Å². The Balaban J connectivity index is 1.91. The summed E-state index contributed by atoms with van der Waals surface area (Å²) in [4.78, 5) is 24.1. The van der Waals surface area contributed by atoms with Gasteiger partial charge in [0.25, 0.3) is 0 Å². The van der Waals surface area contributed by atoms with E-state index in [1.54, 1.807) is 12.1 Å². The van der Waals surface area contributed by atoms with E-state index in [-0.39, 0.29) is 12.1 Å². The van der Waals surface area contributed by atoms with Crippen molar-refractivity contribution in [3.8, 4) is 5.75 Å². The van der Waals surface area contributed by atoms with Gasteiger partial charge in [-0.1, -0.05) is 0 Å². The molecular formula is C17H24N2O4. The molecule has 6 nitrogen and oxygen atoms in total. The van der Waals surface area contributed by atoms with Gasteiger partial charge in [0.2, 0.25) is 0 Å². The van der Waals surface area contributed by atoms with Crippen molar-refractivity contribution in [1.82, 2.24) is 5.32 Å². The Morgan fingerprint density at radius 1 is 1.35 bits per heavy atom. The number of carbonyl (C=O) groups is 2. The molecule has 2 amide bonds. The molecule has 0 aromatic heterocycles. The van der Waals surface area contributed by atoms with Crippen molar-refractivity contribution in [2.24, 2.45) is 0 Å². The zero-order valence-electron chi connectivity index (χ0n) is 13.8. The molecule has 1 heterocycles. The molecule has 1 aliphatic heterocycles. The Kier molecular flexibility index (Phi) is 5.98. The predicted octanol–water partition coefficient (Wildman–Crippen LogP) is 2.02. The second kappa shape index (κ2) is 7.97. The van der Waals surface area contributed by atoms with Crippen LogP contribution in [0.4, 0.5) is 5.69 Å². The van der Waals surface area contributed by atoms with Crippen molar-refractivity contribution in [3.05, 3.63) is 23.8 Å². The molecule has 23 heavy (non-hydrogen) atoms. The first-order valence-corrected chi connectivity index (χ1v) is 7.96. The third kappa shape index (κ3) is 4.96. The van der Waals surface area contributed by atoms with Crippen LogP contribution in [0.5, 0.6) is 5.75 Å². The maximum absolute atomic E-state index is 12.0. The molecule has 6 heteroatoms. The summed E-state index contributed by atoms with van der Waals surface area (Å²) in [6.45, 7) is 6.91. The summed E-state index contributed by atoms with van der Waals surface area (Å²) in [6, 6.07) is 5.32. The molecule has 126 valence electrons. The molecule has 1 aromatic rings. The number of rotatable bonds is 4. The van der Waals surface area contributed by atoms with Crippen LogP contribution in [0.1, 0.15) is 32.3 Å². The first-order chi connectivity index (χ1) is 11.0. The molecule has 0 bridgehead atoms. The van der Waals surface area contributed by atoms with Crippen LogP contribution >= 0.6 is 0 Å². The molecule has 0 radical (unpaired) electrons. The SMILES string of the molecule is CCOc1ccc(NC(=O)C(=O)NC2CCOC(C)C2)c(C)c1. The Hall–Kier alpha value is -2.08. The summed E-state index contributed by atoms with van der Waals surface area (Å²) in [5.41, 5.74) is 1.45. The zero-order chi connectivity index (χ0) is 16.8. The number of aryl methyl sites for hydroxylation is 1. The number of hydrogen-bond donors (Lipinski definition) is 2. The van der Waals surface area contributed by atoms with Crippen molar-refractivity contribution in [2.45, 2.75) is 45.8 Å². The second-order valence-electron chi connectivity index (χ2n) is 5.74. The van der Waals surface area contributed by atoms with Crippen molar-refractivity contribution in [2.75, 3.05) is 18.5 Å². The fourth-order valence-corrected chi connectivity index (χ4v) is 2.59. The molecule has 2 atom stereocenters. The molecule has 1 aliphatic rings. The van der Waals surface area contributed by atoms with E-state index in [2.05, 4.69) is 10.6 Å². The number of hydrogen-bond acceptors (Lipinski definition) is 4. The second-order valence-corrected chi connectivity index (χ2v) is 5.74.